The standard InChI is InChI=1S/C14H30Si/c1-5-9-10-11-12-13-14-15(6-2,7-3)8-4/h12-13H,5-11,14H2,1-4H3/b13-12+. The molecule has 0 rings (SSSR count). The third-order valence-corrected chi connectivity index (χ3v) is 9.54. The molecule has 0 heterocycles. The van der Waals surface area contributed by atoms with Crippen LogP contribution in [0.3, 0.4) is 0 Å². The number of rotatable bonds is 9. The Bertz CT molecular complexity index is 148. The molecule has 0 aliphatic rings. The van der Waals surface area contributed by atoms with Crippen LogP contribution >= 0.6 is 0 Å². The minimum Gasteiger partial charge on any atom is -0.0912 e. The first-order chi connectivity index (χ1) is 7.24. The Kier molecular flexibility index (Phi) is 9.18. The number of allylic oxidation sites excluding steroid dienone is 2. The highest BCUT2D eigenvalue weighted by atomic mass is 28.3. The molecule has 0 nitrogen and oxygen atoms in total. The smallest absolute Gasteiger partial charge is 0.0565 e. The zero-order valence-corrected chi connectivity index (χ0v) is 12.3. The second-order valence-corrected chi connectivity index (χ2v) is 10.3. The van der Waals surface area contributed by atoms with Gasteiger partial charge in [-0.15, -0.1) is 0 Å². The van der Waals surface area contributed by atoms with Crippen molar-refractivity contribution in [1.29, 1.82) is 0 Å². The summed E-state index contributed by atoms with van der Waals surface area (Å²) >= 11 is 0. The molecule has 0 N–H and O–H groups in total. The van der Waals surface area contributed by atoms with E-state index in [1.165, 1.54) is 49.9 Å². The highest BCUT2D eigenvalue weighted by Crippen LogP contribution is 2.25. The van der Waals surface area contributed by atoms with Crippen molar-refractivity contribution in [2.45, 2.75) is 77.6 Å². The first-order valence-electron chi connectivity index (χ1n) is 6.89. The van der Waals surface area contributed by atoms with E-state index in [1.54, 1.807) is 0 Å². The normalized spacial score (nSPS) is 12.5. The van der Waals surface area contributed by atoms with Crippen LogP contribution in [0.2, 0.25) is 24.2 Å². The average Bonchev–Trinajstić information content (AvgIpc) is 2.29. The van der Waals surface area contributed by atoms with Crippen molar-refractivity contribution in [3.63, 3.8) is 0 Å². The van der Waals surface area contributed by atoms with Crippen molar-refractivity contribution in [1.82, 2.24) is 0 Å². The van der Waals surface area contributed by atoms with Gasteiger partial charge in [0.1, 0.15) is 0 Å². The summed E-state index contributed by atoms with van der Waals surface area (Å²) in [6.07, 6.45) is 10.3. The van der Waals surface area contributed by atoms with E-state index in [1.807, 2.05) is 0 Å². The fourth-order valence-electron chi connectivity index (χ4n) is 2.15. The van der Waals surface area contributed by atoms with Crippen molar-refractivity contribution in [2.24, 2.45) is 0 Å². The lowest BCUT2D eigenvalue weighted by molar-refractivity contribution is 0.729. The summed E-state index contributed by atoms with van der Waals surface area (Å²) in [5, 5.41) is 0. The first kappa shape index (κ1) is 15.0. The molecule has 0 amide bonds. The fraction of sp³-hybridized carbons (Fsp3) is 0.857. The summed E-state index contributed by atoms with van der Waals surface area (Å²) in [6, 6.07) is 5.79. The molecule has 0 aliphatic carbocycles. The van der Waals surface area contributed by atoms with Gasteiger partial charge in [-0.2, -0.15) is 0 Å². The molecular formula is C14H30Si. The maximum atomic E-state index is 2.48. The summed E-state index contributed by atoms with van der Waals surface area (Å²) in [6.45, 7) is 9.45. The second kappa shape index (κ2) is 9.20. The van der Waals surface area contributed by atoms with E-state index >= 15 is 0 Å². The molecule has 0 spiro atoms. The van der Waals surface area contributed by atoms with Gasteiger partial charge in [0.2, 0.25) is 0 Å². The Hall–Kier alpha value is -0.0431. The van der Waals surface area contributed by atoms with Crippen molar-refractivity contribution >= 4 is 8.07 Å². The summed E-state index contributed by atoms with van der Waals surface area (Å²) in [7, 11) is -0.873. The van der Waals surface area contributed by atoms with E-state index in [9.17, 15) is 0 Å². The minimum atomic E-state index is -0.873. The van der Waals surface area contributed by atoms with E-state index in [2.05, 4.69) is 39.8 Å². The molecule has 0 atom stereocenters. The second-order valence-electron chi connectivity index (χ2n) is 4.73. The summed E-state index contributed by atoms with van der Waals surface area (Å²) in [5.74, 6) is 0. The molecular weight excluding hydrogens is 196 g/mol. The third-order valence-electron chi connectivity index (χ3n) is 3.94. The quantitative estimate of drug-likeness (QED) is 0.271. The topological polar surface area (TPSA) is 0 Å². The molecule has 90 valence electrons. The lowest BCUT2D eigenvalue weighted by Gasteiger charge is -2.26. The Balaban J connectivity index is 3.78. The molecule has 0 aromatic heterocycles. The zero-order valence-electron chi connectivity index (χ0n) is 11.3. The lowest BCUT2D eigenvalue weighted by atomic mass is 10.2. The maximum absolute atomic E-state index is 2.48. The predicted molar refractivity (Wildman–Crippen MR) is 75.3 cm³/mol. The monoisotopic (exact) mass is 226 g/mol. The van der Waals surface area contributed by atoms with Gasteiger partial charge < -0.3 is 0 Å². The first-order valence-corrected chi connectivity index (χ1v) is 9.72. The fourth-order valence-corrected chi connectivity index (χ4v) is 5.18. The highest BCUT2D eigenvalue weighted by molar-refractivity contribution is 6.80. The van der Waals surface area contributed by atoms with Gasteiger partial charge in [0, 0.05) is 0 Å². The van der Waals surface area contributed by atoms with Crippen LogP contribution in [0.4, 0.5) is 0 Å². The number of hydrogen-bond donors (Lipinski definition) is 0. The Morgan fingerprint density at radius 3 is 1.87 bits per heavy atom. The molecule has 0 fully saturated rings. The van der Waals surface area contributed by atoms with Crippen molar-refractivity contribution in [2.75, 3.05) is 0 Å². The summed E-state index contributed by atoms with van der Waals surface area (Å²) < 4.78 is 0. The minimum absolute atomic E-state index is 0.873. The van der Waals surface area contributed by atoms with Crippen LogP contribution < -0.4 is 0 Å². The van der Waals surface area contributed by atoms with Gasteiger partial charge in [0.05, 0.1) is 8.07 Å². The number of unbranched alkanes of at least 4 members (excludes halogenated alkanes) is 3. The molecule has 0 radical (unpaired) electrons. The number of hydrogen-bond acceptors (Lipinski definition) is 0. The zero-order chi connectivity index (χ0) is 11.6. The van der Waals surface area contributed by atoms with E-state index in [0.29, 0.717) is 0 Å². The van der Waals surface area contributed by atoms with Crippen LogP contribution in [0, 0.1) is 0 Å². The summed E-state index contributed by atoms with van der Waals surface area (Å²) in [4.78, 5) is 0. The van der Waals surface area contributed by atoms with Gasteiger partial charge in [-0.3, -0.25) is 0 Å². The van der Waals surface area contributed by atoms with Crippen LogP contribution in [-0.4, -0.2) is 8.07 Å². The van der Waals surface area contributed by atoms with Crippen LogP contribution in [0.25, 0.3) is 0 Å². The highest BCUT2D eigenvalue weighted by Gasteiger charge is 2.24. The Morgan fingerprint density at radius 2 is 1.40 bits per heavy atom. The van der Waals surface area contributed by atoms with Crippen LogP contribution in [0.1, 0.15) is 53.4 Å². The molecule has 0 saturated heterocycles. The lowest BCUT2D eigenvalue weighted by Crippen LogP contribution is -2.29. The van der Waals surface area contributed by atoms with Crippen molar-refractivity contribution in [3.05, 3.63) is 12.2 Å². The average molecular weight is 226 g/mol. The molecule has 0 bridgehead atoms. The van der Waals surface area contributed by atoms with E-state index in [4.69, 9.17) is 0 Å². The maximum Gasteiger partial charge on any atom is 0.0565 e. The van der Waals surface area contributed by atoms with Gasteiger partial charge >= 0.3 is 0 Å². The van der Waals surface area contributed by atoms with E-state index in [-0.39, 0.29) is 0 Å². The predicted octanol–water partition coefficient (Wildman–Crippen LogP) is 5.63. The van der Waals surface area contributed by atoms with Gasteiger partial charge in [-0.1, -0.05) is 70.8 Å². The molecule has 0 aromatic rings. The van der Waals surface area contributed by atoms with Crippen LogP contribution in [0.15, 0.2) is 12.2 Å². The molecule has 0 aliphatic heterocycles. The largest absolute Gasteiger partial charge is 0.0912 e. The molecule has 0 saturated carbocycles. The van der Waals surface area contributed by atoms with Crippen LogP contribution in [0.5, 0.6) is 0 Å². The SMILES string of the molecule is CCCCC/C=C/C[Si](CC)(CC)CC. The molecule has 0 unspecified atom stereocenters. The van der Waals surface area contributed by atoms with Gasteiger partial charge in [0.15, 0.2) is 0 Å². The Labute approximate surface area is 98.2 Å². The van der Waals surface area contributed by atoms with Gasteiger partial charge in [-0.25, -0.2) is 0 Å². The van der Waals surface area contributed by atoms with E-state index in [0.717, 1.165) is 0 Å². The van der Waals surface area contributed by atoms with Crippen LogP contribution in [-0.2, 0) is 0 Å². The van der Waals surface area contributed by atoms with Crippen molar-refractivity contribution in [3.8, 4) is 0 Å². The van der Waals surface area contributed by atoms with Gasteiger partial charge in [0.25, 0.3) is 0 Å². The molecule has 1 heteroatoms. The molecule has 0 aromatic carbocycles. The molecule has 15 heavy (non-hydrogen) atoms. The van der Waals surface area contributed by atoms with Gasteiger partial charge in [-0.05, 0) is 18.9 Å². The third kappa shape index (κ3) is 6.19. The van der Waals surface area contributed by atoms with Crippen molar-refractivity contribution < 1.29 is 0 Å². The Morgan fingerprint density at radius 1 is 0.800 bits per heavy atom. The summed E-state index contributed by atoms with van der Waals surface area (Å²) in [5.41, 5.74) is 0. The van der Waals surface area contributed by atoms with E-state index < -0.39 is 8.07 Å².